The van der Waals surface area contributed by atoms with Crippen molar-refractivity contribution in [1.29, 1.82) is 0 Å². The van der Waals surface area contributed by atoms with E-state index >= 15 is 0 Å². The zero-order valence-electron chi connectivity index (χ0n) is 15.1. The maximum atomic E-state index is 10.9. The number of carbonyl (C=O) groups is 1. The molecule has 0 aliphatic carbocycles. The van der Waals surface area contributed by atoms with Gasteiger partial charge >= 0.3 is 35.5 Å². The summed E-state index contributed by atoms with van der Waals surface area (Å²) in [5, 5.41) is 0. The normalized spacial score (nSPS) is 10.3. The summed E-state index contributed by atoms with van der Waals surface area (Å²) in [4.78, 5) is 15.7. The summed E-state index contributed by atoms with van der Waals surface area (Å²) in [6, 6.07) is 0. The molecule has 0 radical (unpaired) electrons. The van der Waals surface area contributed by atoms with E-state index in [-0.39, 0.29) is 35.5 Å². The van der Waals surface area contributed by atoms with Crippen LogP contribution in [0.15, 0.2) is 0 Å². The third-order valence-electron chi connectivity index (χ3n) is 4.11. The average Bonchev–Trinajstić information content (AvgIpc) is 2.54. The molecule has 0 aromatic rings. The first-order chi connectivity index (χ1) is 10.8. The van der Waals surface area contributed by atoms with Crippen molar-refractivity contribution in [2.45, 2.75) is 110 Å². The van der Waals surface area contributed by atoms with Crippen LogP contribution in [0.5, 0.6) is 0 Å². The summed E-state index contributed by atoms with van der Waals surface area (Å²) < 4.78 is 0. The van der Waals surface area contributed by atoms with Gasteiger partial charge in [0.05, 0.1) is 0 Å². The Bertz CT molecular complexity index is 237. The molecule has 134 valence electrons. The third-order valence-corrected chi connectivity index (χ3v) is 4.11. The van der Waals surface area contributed by atoms with Crippen LogP contribution in [0.1, 0.15) is 110 Å². The molecule has 0 saturated heterocycles. The van der Waals surface area contributed by atoms with E-state index in [1.54, 1.807) is 6.92 Å². The first-order valence-corrected chi connectivity index (χ1v) is 9.73. The summed E-state index contributed by atoms with van der Waals surface area (Å²) in [5.74, 6) is -0.176. The summed E-state index contributed by atoms with van der Waals surface area (Å²) in [5.41, 5.74) is 2.73. The van der Waals surface area contributed by atoms with Gasteiger partial charge in [0, 0.05) is 13.0 Å². The van der Waals surface area contributed by atoms with Crippen LogP contribution in [0.25, 0.3) is 0 Å². The Kier molecular flexibility index (Phi) is 25.0. The van der Waals surface area contributed by atoms with Crippen molar-refractivity contribution >= 4 is 35.5 Å². The number of hydrogen-bond acceptors (Lipinski definition) is 3. The van der Waals surface area contributed by atoms with E-state index in [0.717, 1.165) is 13.0 Å². The molecule has 0 bridgehead atoms. The zero-order valence-corrected chi connectivity index (χ0v) is 15.1. The van der Waals surface area contributed by atoms with Crippen molar-refractivity contribution in [2.24, 2.45) is 0 Å². The van der Waals surface area contributed by atoms with Gasteiger partial charge in [0.1, 0.15) is 0 Å². The second-order valence-electron chi connectivity index (χ2n) is 6.32. The Hall–Kier alpha value is 0.430. The van der Waals surface area contributed by atoms with Crippen LogP contribution in [-0.2, 0) is 9.63 Å². The van der Waals surface area contributed by atoms with Crippen molar-refractivity contribution in [2.75, 3.05) is 6.54 Å². The second kappa shape index (κ2) is 22.4. The molecule has 0 amide bonds. The Morgan fingerprint density at radius 3 is 1.48 bits per heavy atom. The van der Waals surface area contributed by atoms with E-state index < -0.39 is 0 Å². The molecule has 0 aliphatic rings. The van der Waals surface area contributed by atoms with Crippen molar-refractivity contribution in [3.8, 4) is 0 Å². The second-order valence-corrected chi connectivity index (χ2v) is 6.32. The maximum absolute atomic E-state index is 10.9. The molecule has 3 nitrogen and oxygen atoms in total. The summed E-state index contributed by atoms with van der Waals surface area (Å²) in [6.45, 7) is 4.86. The molecule has 0 aromatic heterocycles. The molecule has 0 fully saturated rings. The number of hydroxylamine groups is 1. The van der Waals surface area contributed by atoms with Gasteiger partial charge in [0.25, 0.3) is 0 Å². The van der Waals surface area contributed by atoms with Crippen LogP contribution in [0.4, 0.5) is 0 Å². The number of rotatable bonds is 17. The minimum atomic E-state index is -0.176. The molecule has 0 aromatic carbocycles. The van der Waals surface area contributed by atoms with Gasteiger partial charge in [-0.25, -0.2) is 0 Å². The number of carbonyl (C=O) groups excluding carboxylic acids is 1. The van der Waals surface area contributed by atoms with Crippen LogP contribution < -0.4 is 5.48 Å². The first-order valence-electron chi connectivity index (χ1n) is 9.73. The van der Waals surface area contributed by atoms with E-state index in [4.69, 9.17) is 4.84 Å². The molecule has 0 atom stereocenters. The molecule has 0 saturated carbocycles. The minimum absolute atomic E-state index is 0. The predicted octanol–water partition coefficient (Wildman–Crippen LogP) is 5.28. The van der Waals surface area contributed by atoms with Gasteiger partial charge in [0.15, 0.2) is 0 Å². The van der Waals surface area contributed by atoms with E-state index in [9.17, 15) is 4.79 Å². The van der Waals surface area contributed by atoms with Crippen molar-refractivity contribution < 1.29 is 9.63 Å². The van der Waals surface area contributed by atoms with Crippen LogP contribution >= 0.6 is 0 Å². The quantitative estimate of drug-likeness (QED) is 0.223. The molecule has 4 heteroatoms. The number of hydrogen-bond donors (Lipinski definition) is 1. The fraction of sp³-hybridized carbons (Fsp3) is 0.947. The molecular weight excluding hydrogens is 297 g/mol. The van der Waals surface area contributed by atoms with Crippen molar-refractivity contribution in [3.05, 3.63) is 0 Å². The van der Waals surface area contributed by atoms with Gasteiger partial charge < -0.3 is 4.84 Å². The van der Waals surface area contributed by atoms with E-state index in [0.29, 0.717) is 6.42 Å². The molecule has 0 rings (SSSR count). The van der Waals surface area contributed by atoms with Crippen LogP contribution in [-0.4, -0.2) is 42.1 Å². The summed E-state index contributed by atoms with van der Waals surface area (Å²) in [6.07, 6.45) is 19.6. The molecule has 23 heavy (non-hydrogen) atoms. The fourth-order valence-electron chi connectivity index (χ4n) is 2.60. The Balaban J connectivity index is 0. The Labute approximate surface area is 167 Å². The van der Waals surface area contributed by atoms with Crippen molar-refractivity contribution in [3.63, 3.8) is 0 Å². The molecular formula is C19H40NNaO2. The fourth-order valence-corrected chi connectivity index (χ4v) is 2.60. The molecule has 0 spiro atoms. The predicted molar refractivity (Wildman–Crippen MR) is 102 cm³/mol. The average molecular weight is 338 g/mol. The summed E-state index contributed by atoms with van der Waals surface area (Å²) in [7, 11) is 0. The van der Waals surface area contributed by atoms with Gasteiger partial charge in [-0.1, -0.05) is 97.3 Å². The Morgan fingerprint density at radius 2 is 1.09 bits per heavy atom. The van der Waals surface area contributed by atoms with Crippen LogP contribution in [0.3, 0.4) is 0 Å². The van der Waals surface area contributed by atoms with Crippen LogP contribution in [0.2, 0.25) is 0 Å². The standard InChI is InChI=1S/C19H39NO2.Na.H/c1-3-5-6-7-8-9-10-11-12-13-14-15-16-17-18-20-22-19(21)4-2;;/h20H,3-18H2,1-2H3;;. The SMILES string of the molecule is CCCCCCCCCCCCCCCCNOC(=O)CC.[NaH]. The van der Waals surface area contributed by atoms with E-state index in [1.165, 1.54) is 83.5 Å². The molecule has 0 unspecified atom stereocenters. The van der Waals surface area contributed by atoms with Gasteiger partial charge in [-0.15, -0.1) is 0 Å². The topological polar surface area (TPSA) is 38.3 Å². The monoisotopic (exact) mass is 337 g/mol. The molecule has 0 heterocycles. The van der Waals surface area contributed by atoms with Gasteiger partial charge in [-0.3, -0.25) is 4.79 Å². The van der Waals surface area contributed by atoms with Gasteiger partial charge in [-0.05, 0) is 6.42 Å². The van der Waals surface area contributed by atoms with Gasteiger partial charge in [0.2, 0.25) is 0 Å². The van der Waals surface area contributed by atoms with Crippen LogP contribution in [0, 0.1) is 0 Å². The Morgan fingerprint density at radius 1 is 0.696 bits per heavy atom. The summed E-state index contributed by atoms with van der Waals surface area (Å²) >= 11 is 0. The van der Waals surface area contributed by atoms with Crippen molar-refractivity contribution in [1.82, 2.24) is 5.48 Å². The molecule has 0 aliphatic heterocycles. The number of unbranched alkanes of at least 4 members (excludes halogenated alkanes) is 13. The number of nitrogens with one attached hydrogen (secondary N) is 1. The first kappa shape index (κ1) is 25.7. The van der Waals surface area contributed by atoms with E-state index in [2.05, 4.69) is 12.4 Å². The zero-order chi connectivity index (χ0) is 16.3. The van der Waals surface area contributed by atoms with E-state index in [1.807, 2.05) is 0 Å². The molecule has 1 N–H and O–H groups in total. The van der Waals surface area contributed by atoms with Gasteiger partial charge in [-0.2, -0.15) is 5.48 Å². The third kappa shape index (κ3) is 22.4.